The number of rotatable bonds is 3. The first-order valence-electron chi connectivity index (χ1n) is 4.02. The Labute approximate surface area is 71.3 Å². The summed E-state index contributed by atoms with van der Waals surface area (Å²) < 4.78 is 1.62. The summed E-state index contributed by atoms with van der Waals surface area (Å²) in [5.74, 6) is 0. The summed E-state index contributed by atoms with van der Waals surface area (Å²) in [5.41, 5.74) is 0.779. The summed E-state index contributed by atoms with van der Waals surface area (Å²) in [5, 5.41) is 8.57. The van der Waals surface area contributed by atoms with Crippen molar-refractivity contribution in [3.8, 4) is 0 Å². The molecule has 1 rings (SSSR count). The highest BCUT2D eigenvalue weighted by atomic mass is 16.3. The molecule has 0 fully saturated rings. The van der Waals surface area contributed by atoms with E-state index >= 15 is 0 Å². The molecule has 0 unspecified atom stereocenters. The second-order valence-electron chi connectivity index (χ2n) is 2.77. The Morgan fingerprint density at radius 2 is 2.33 bits per heavy atom. The van der Waals surface area contributed by atoms with Gasteiger partial charge >= 0.3 is 0 Å². The van der Waals surface area contributed by atoms with Gasteiger partial charge < -0.3 is 9.67 Å². The van der Waals surface area contributed by atoms with Crippen molar-refractivity contribution in [2.45, 2.75) is 19.9 Å². The van der Waals surface area contributed by atoms with Crippen molar-refractivity contribution in [3.05, 3.63) is 34.2 Å². The number of hydrogen-bond donors (Lipinski definition) is 1. The summed E-state index contributed by atoms with van der Waals surface area (Å²) >= 11 is 0. The maximum Gasteiger partial charge on any atom is 0.253 e. The van der Waals surface area contributed by atoms with Crippen molar-refractivity contribution in [2.75, 3.05) is 6.61 Å². The Bertz CT molecular complexity index is 304. The predicted molar refractivity (Wildman–Crippen MR) is 47.1 cm³/mol. The maximum atomic E-state index is 11.4. The molecular formula is C9H13NO2. The van der Waals surface area contributed by atoms with Crippen LogP contribution in [0.1, 0.15) is 12.0 Å². The van der Waals surface area contributed by atoms with Gasteiger partial charge in [0.05, 0.1) is 0 Å². The number of hydrogen-bond acceptors (Lipinski definition) is 2. The molecule has 0 saturated heterocycles. The fourth-order valence-corrected chi connectivity index (χ4v) is 1.07. The maximum absolute atomic E-state index is 11.4. The molecule has 0 aliphatic rings. The van der Waals surface area contributed by atoms with Crippen molar-refractivity contribution in [1.82, 2.24) is 4.57 Å². The molecule has 12 heavy (non-hydrogen) atoms. The predicted octanol–water partition coefficient (Wildman–Crippen LogP) is 0.539. The Morgan fingerprint density at radius 1 is 1.58 bits per heavy atom. The Morgan fingerprint density at radius 3 is 3.00 bits per heavy atom. The average Bonchev–Trinajstić information content (AvgIpc) is 2.08. The van der Waals surface area contributed by atoms with Gasteiger partial charge in [0.25, 0.3) is 5.56 Å². The van der Waals surface area contributed by atoms with E-state index in [-0.39, 0.29) is 12.2 Å². The molecule has 0 radical (unpaired) electrons. The van der Waals surface area contributed by atoms with E-state index in [1.165, 1.54) is 0 Å². The van der Waals surface area contributed by atoms with Gasteiger partial charge in [-0.2, -0.15) is 0 Å². The van der Waals surface area contributed by atoms with Gasteiger partial charge in [-0.3, -0.25) is 4.79 Å². The molecule has 0 saturated carbocycles. The van der Waals surface area contributed by atoms with Crippen molar-refractivity contribution in [3.63, 3.8) is 0 Å². The molecule has 0 atom stereocenters. The third-order valence-electron chi connectivity index (χ3n) is 1.77. The third-order valence-corrected chi connectivity index (χ3v) is 1.77. The van der Waals surface area contributed by atoms with Gasteiger partial charge in [-0.25, -0.2) is 0 Å². The molecule has 66 valence electrons. The molecule has 0 bridgehead atoms. The Balaban J connectivity index is 2.85. The van der Waals surface area contributed by atoms with E-state index in [9.17, 15) is 4.79 Å². The van der Waals surface area contributed by atoms with Crippen molar-refractivity contribution < 1.29 is 5.11 Å². The highest BCUT2D eigenvalue weighted by Crippen LogP contribution is 1.90. The largest absolute Gasteiger partial charge is 0.396 e. The molecule has 1 N–H and O–H groups in total. The average molecular weight is 167 g/mol. The van der Waals surface area contributed by atoms with Gasteiger partial charge in [-0.15, -0.1) is 0 Å². The normalized spacial score (nSPS) is 10.2. The third kappa shape index (κ3) is 1.95. The zero-order valence-corrected chi connectivity index (χ0v) is 7.16. The minimum atomic E-state index is 0.0333. The van der Waals surface area contributed by atoms with Crippen molar-refractivity contribution >= 4 is 0 Å². The first-order valence-corrected chi connectivity index (χ1v) is 4.02. The number of aliphatic hydroxyl groups is 1. The van der Waals surface area contributed by atoms with E-state index in [0.717, 1.165) is 5.56 Å². The lowest BCUT2D eigenvalue weighted by Gasteiger charge is -2.03. The summed E-state index contributed by atoms with van der Waals surface area (Å²) in [6.07, 6.45) is 2.37. The van der Waals surface area contributed by atoms with Gasteiger partial charge in [0.15, 0.2) is 0 Å². The lowest BCUT2D eigenvalue weighted by Crippen LogP contribution is -2.21. The van der Waals surface area contributed by atoms with Crippen LogP contribution in [0.25, 0.3) is 0 Å². The molecule has 0 aliphatic carbocycles. The minimum absolute atomic E-state index is 0.0333. The summed E-state index contributed by atoms with van der Waals surface area (Å²) in [6, 6.07) is 3.63. The van der Waals surface area contributed by atoms with Crippen LogP contribution in [0.5, 0.6) is 0 Å². The second kappa shape index (κ2) is 4.07. The fraction of sp³-hybridized carbons (Fsp3) is 0.444. The van der Waals surface area contributed by atoms with E-state index in [1.807, 2.05) is 6.07 Å². The second-order valence-corrected chi connectivity index (χ2v) is 2.77. The highest BCUT2D eigenvalue weighted by Gasteiger charge is 1.96. The van der Waals surface area contributed by atoms with Crippen LogP contribution in [0.3, 0.4) is 0 Å². The fourth-order valence-electron chi connectivity index (χ4n) is 1.07. The molecule has 0 aromatic carbocycles. The summed E-state index contributed by atoms with van der Waals surface area (Å²) in [6.45, 7) is 2.51. The van der Waals surface area contributed by atoms with E-state index < -0.39 is 0 Å². The smallest absolute Gasteiger partial charge is 0.253 e. The van der Waals surface area contributed by atoms with Crippen LogP contribution in [-0.4, -0.2) is 16.3 Å². The number of aliphatic hydroxyl groups excluding tert-OH is 1. The van der Waals surface area contributed by atoms with Gasteiger partial charge in [0.1, 0.15) is 0 Å². The number of aryl methyl sites for hydroxylation is 2. The lowest BCUT2D eigenvalue weighted by atomic mass is 10.3. The molecule has 1 aromatic rings. The van der Waals surface area contributed by atoms with Gasteiger partial charge in [-0.05, 0) is 19.4 Å². The molecular weight excluding hydrogens is 154 g/mol. The van der Waals surface area contributed by atoms with Crippen LogP contribution < -0.4 is 5.56 Å². The molecule has 0 spiro atoms. The van der Waals surface area contributed by atoms with Crippen LogP contribution in [0.4, 0.5) is 0 Å². The Hall–Kier alpha value is -1.09. The van der Waals surface area contributed by atoms with Crippen molar-refractivity contribution in [1.29, 1.82) is 0 Å². The standard InChI is InChI=1S/C9H13NO2/c1-8-4-2-5-10(9(8)12)6-3-7-11/h2,4-5,11H,3,6-7H2,1H3. The van der Waals surface area contributed by atoms with Gasteiger partial charge in [-0.1, -0.05) is 6.07 Å². The molecule has 0 aliphatic heterocycles. The van der Waals surface area contributed by atoms with Crippen LogP contribution in [0, 0.1) is 6.92 Å². The van der Waals surface area contributed by atoms with E-state index in [1.54, 1.807) is 23.8 Å². The quantitative estimate of drug-likeness (QED) is 0.714. The SMILES string of the molecule is Cc1cccn(CCCO)c1=O. The zero-order chi connectivity index (χ0) is 8.97. The topological polar surface area (TPSA) is 42.2 Å². The van der Waals surface area contributed by atoms with Crippen LogP contribution in [0.2, 0.25) is 0 Å². The van der Waals surface area contributed by atoms with Gasteiger partial charge in [0.2, 0.25) is 0 Å². The lowest BCUT2D eigenvalue weighted by molar-refractivity contribution is 0.279. The summed E-state index contributed by atoms with van der Waals surface area (Å²) in [7, 11) is 0. The minimum Gasteiger partial charge on any atom is -0.396 e. The number of pyridine rings is 1. The number of nitrogens with zero attached hydrogens (tertiary/aromatic N) is 1. The highest BCUT2D eigenvalue weighted by molar-refractivity contribution is 5.07. The monoisotopic (exact) mass is 167 g/mol. The molecule has 3 heteroatoms. The zero-order valence-electron chi connectivity index (χ0n) is 7.16. The Kier molecular flexibility index (Phi) is 3.05. The molecule has 1 aromatic heterocycles. The van der Waals surface area contributed by atoms with Crippen molar-refractivity contribution in [2.24, 2.45) is 0 Å². The van der Waals surface area contributed by atoms with E-state index in [4.69, 9.17) is 5.11 Å². The molecule has 3 nitrogen and oxygen atoms in total. The summed E-state index contributed by atoms with van der Waals surface area (Å²) in [4.78, 5) is 11.4. The molecule has 1 heterocycles. The van der Waals surface area contributed by atoms with Crippen LogP contribution >= 0.6 is 0 Å². The van der Waals surface area contributed by atoms with Gasteiger partial charge in [0, 0.05) is 24.9 Å². The van der Waals surface area contributed by atoms with E-state index in [0.29, 0.717) is 13.0 Å². The number of aromatic nitrogens is 1. The van der Waals surface area contributed by atoms with Crippen LogP contribution in [-0.2, 0) is 6.54 Å². The first kappa shape index (κ1) is 9.00. The first-order chi connectivity index (χ1) is 5.75. The molecule has 0 amide bonds. The van der Waals surface area contributed by atoms with E-state index in [2.05, 4.69) is 0 Å². The van der Waals surface area contributed by atoms with Crippen LogP contribution in [0.15, 0.2) is 23.1 Å².